The molecule has 2 nitrogen and oxygen atoms in total. The standard InChI is InChI=1S/C17H15FNO/c1-20-17-7-6-13(10-16(17)18)11-19-9-8-14-4-2-3-5-15(14)12-19/h2-10,12H,11H2,1H3/q+1. The fraction of sp³-hybridized carbons (Fsp3) is 0.118. The van der Waals surface area contributed by atoms with Crippen LogP contribution in [0.15, 0.2) is 60.9 Å². The van der Waals surface area contributed by atoms with Crippen molar-refractivity contribution in [1.82, 2.24) is 0 Å². The Morgan fingerprint density at radius 2 is 1.85 bits per heavy atom. The average molecular weight is 268 g/mol. The minimum Gasteiger partial charge on any atom is -0.494 e. The lowest BCUT2D eigenvalue weighted by Gasteiger charge is -2.03. The fourth-order valence-electron chi connectivity index (χ4n) is 2.30. The first kappa shape index (κ1) is 12.6. The van der Waals surface area contributed by atoms with E-state index in [1.165, 1.54) is 23.9 Å². The number of ether oxygens (including phenoxy) is 1. The van der Waals surface area contributed by atoms with Gasteiger partial charge in [0.05, 0.1) is 7.11 Å². The maximum absolute atomic E-state index is 13.7. The monoisotopic (exact) mass is 268 g/mol. The number of hydrogen-bond acceptors (Lipinski definition) is 1. The van der Waals surface area contributed by atoms with E-state index in [-0.39, 0.29) is 11.6 Å². The second-order valence-corrected chi connectivity index (χ2v) is 4.71. The van der Waals surface area contributed by atoms with E-state index in [0.717, 1.165) is 5.56 Å². The van der Waals surface area contributed by atoms with Crippen molar-refractivity contribution in [2.75, 3.05) is 7.11 Å². The molecule has 0 atom stereocenters. The summed E-state index contributed by atoms with van der Waals surface area (Å²) < 4.78 is 20.6. The molecule has 1 aromatic heterocycles. The summed E-state index contributed by atoms with van der Waals surface area (Å²) in [6.07, 6.45) is 4.07. The van der Waals surface area contributed by atoms with Crippen LogP contribution in [0, 0.1) is 5.82 Å². The Labute approximate surface area is 117 Å². The quantitative estimate of drug-likeness (QED) is 0.664. The van der Waals surface area contributed by atoms with Crippen molar-refractivity contribution in [2.24, 2.45) is 0 Å². The second kappa shape index (κ2) is 5.29. The molecule has 1 heterocycles. The minimum atomic E-state index is -0.327. The zero-order chi connectivity index (χ0) is 13.9. The molecule has 0 aliphatic heterocycles. The molecule has 0 aliphatic rings. The number of pyridine rings is 1. The molecule has 0 saturated heterocycles. The lowest BCUT2D eigenvalue weighted by atomic mass is 10.1. The number of halogens is 1. The molecule has 0 fully saturated rings. The third kappa shape index (κ3) is 2.48. The van der Waals surface area contributed by atoms with Crippen LogP contribution in [0.4, 0.5) is 4.39 Å². The van der Waals surface area contributed by atoms with E-state index in [1.54, 1.807) is 6.07 Å². The van der Waals surface area contributed by atoms with Crippen LogP contribution >= 0.6 is 0 Å². The normalized spacial score (nSPS) is 10.7. The molecular formula is C17H15FNO+. The number of benzene rings is 2. The molecule has 20 heavy (non-hydrogen) atoms. The van der Waals surface area contributed by atoms with Crippen LogP contribution in [0.5, 0.6) is 5.75 Å². The summed E-state index contributed by atoms with van der Waals surface area (Å²) >= 11 is 0. The van der Waals surface area contributed by atoms with Gasteiger partial charge in [-0.05, 0) is 29.7 Å². The van der Waals surface area contributed by atoms with Crippen molar-refractivity contribution in [3.05, 3.63) is 72.3 Å². The van der Waals surface area contributed by atoms with Crippen LogP contribution in [0.2, 0.25) is 0 Å². The summed E-state index contributed by atoms with van der Waals surface area (Å²) in [5.74, 6) is -0.0522. The summed E-state index contributed by atoms with van der Waals surface area (Å²) in [5.41, 5.74) is 0.906. The summed E-state index contributed by atoms with van der Waals surface area (Å²) in [6.45, 7) is 0.631. The average Bonchev–Trinajstić information content (AvgIpc) is 2.47. The second-order valence-electron chi connectivity index (χ2n) is 4.71. The zero-order valence-corrected chi connectivity index (χ0v) is 11.2. The highest BCUT2D eigenvalue weighted by Gasteiger charge is 2.08. The van der Waals surface area contributed by atoms with Gasteiger partial charge in [0.15, 0.2) is 30.5 Å². The van der Waals surface area contributed by atoms with Crippen LogP contribution in [0.25, 0.3) is 10.8 Å². The van der Waals surface area contributed by atoms with E-state index in [4.69, 9.17) is 4.74 Å². The molecule has 0 N–H and O–H groups in total. The van der Waals surface area contributed by atoms with Gasteiger partial charge in [-0.15, -0.1) is 0 Å². The molecule has 0 saturated carbocycles. The summed E-state index contributed by atoms with van der Waals surface area (Å²) in [7, 11) is 1.47. The molecular weight excluding hydrogens is 253 g/mol. The Morgan fingerprint density at radius 3 is 2.60 bits per heavy atom. The predicted octanol–water partition coefficient (Wildman–Crippen LogP) is 3.32. The van der Waals surface area contributed by atoms with Gasteiger partial charge >= 0.3 is 0 Å². The summed E-state index contributed by atoms with van der Waals surface area (Å²) in [6, 6.07) is 15.3. The van der Waals surface area contributed by atoms with Gasteiger partial charge in [0.2, 0.25) is 0 Å². The van der Waals surface area contributed by atoms with Gasteiger partial charge in [-0.1, -0.05) is 18.2 Å². The molecule has 3 aromatic rings. The molecule has 0 bridgehead atoms. The van der Waals surface area contributed by atoms with E-state index in [1.807, 2.05) is 29.0 Å². The molecule has 0 amide bonds. The van der Waals surface area contributed by atoms with Crippen molar-refractivity contribution in [3.8, 4) is 5.75 Å². The van der Waals surface area contributed by atoms with E-state index < -0.39 is 0 Å². The maximum Gasteiger partial charge on any atom is 0.176 e. The number of fused-ring (bicyclic) bond motifs is 1. The van der Waals surface area contributed by atoms with Crippen LogP contribution in [0.3, 0.4) is 0 Å². The van der Waals surface area contributed by atoms with Crippen LogP contribution < -0.4 is 9.30 Å². The van der Waals surface area contributed by atoms with Gasteiger partial charge < -0.3 is 4.74 Å². The Bertz CT molecular complexity index is 755. The van der Waals surface area contributed by atoms with E-state index in [2.05, 4.69) is 24.4 Å². The summed E-state index contributed by atoms with van der Waals surface area (Å²) in [5, 5.41) is 2.37. The fourth-order valence-corrected chi connectivity index (χ4v) is 2.30. The highest BCUT2D eigenvalue weighted by Crippen LogP contribution is 2.17. The lowest BCUT2D eigenvalue weighted by molar-refractivity contribution is -0.687. The smallest absolute Gasteiger partial charge is 0.176 e. The van der Waals surface area contributed by atoms with E-state index in [9.17, 15) is 4.39 Å². The highest BCUT2D eigenvalue weighted by atomic mass is 19.1. The molecule has 3 heteroatoms. The van der Waals surface area contributed by atoms with Crippen molar-refractivity contribution >= 4 is 10.8 Å². The number of rotatable bonds is 3. The zero-order valence-electron chi connectivity index (χ0n) is 11.2. The molecule has 2 aromatic carbocycles. The lowest BCUT2D eigenvalue weighted by Crippen LogP contribution is -2.33. The molecule has 100 valence electrons. The van der Waals surface area contributed by atoms with Crippen LogP contribution in [0.1, 0.15) is 5.56 Å². The van der Waals surface area contributed by atoms with Crippen LogP contribution in [-0.4, -0.2) is 7.11 Å². The maximum atomic E-state index is 13.7. The van der Waals surface area contributed by atoms with Crippen LogP contribution in [-0.2, 0) is 6.54 Å². The Kier molecular flexibility index (Phi) is 3.33. The number of aromatic nitrogens is 1. The first-order chi connectivity index (χ1) is 9.76. The first-order valence-electron chi connectivity index (χ1n) is 6.46. The first-order valence-corrected chi connectivity index (χ1v) is 6.46. The van der Waals surface area contributed by atoms with Crippen molar-refractivity contribution in [2.45, 2.75) is 6.54 Å². The number of nitrogens with zero attached hydrogens (tertiary/aromatic N) is 1. The minimum absolute atomic E-state index is 0.275. The predicted molar refractivity (Wildman–Crippen MR) is 76.2 cm³/mol. The Hall–Kier alpha value is -2.42. The van der Waals surface area contributed by atoms with Gasteiger partial charge in [-0.25, -0.2) is 8.96 Å². The molecule has 3 rings (SSSR count). The largest absolute Gasteiger partial charge is 0.494 e. The van der Waals surface area contributed by atoms with Gasteiger partial charge in [-0.3, -0.25) is 0 Å². The van der Waals surface area contributed by atoms with Gasteiger partial charge in [-0.2, -0.15) is 0 Å². The third-order valence-corrected chi connectivity index (χ3v) is 3.33. The van der Waals surface area contributed by atoms with Crippen molar-refractivity contribution in [3.63, 3.8) is 0 Å². The Balaban J connectivity index is 1.90. The van der Waals surface area contributed by atoms with E-state index in [0.29, 0.717) is 6.54 Å². The SMILES string of the molecule is COc1ccc(C[n+]2ccc3ccccc3c2)cc1F. The number of methoxy groups -OCH3 is 1. The topological polar surface area (TPSA) is 13.1 Å². The molecule has 0 radical (unpaired) electrons. The van der Waals surface area contributed by atoms with Gasteiger partial charge in [0.1, 0.15) is 0 Å². The van der Waals surface area contributed by atoms with Crippen molar-refractivity contribution in [1.29, 1.82) is 0 Å². The third-order valence-electron chi connectivity index (χ3n) is 3.33. The Morgan fingerprint density at radius 1 is 1.05 bits per heavy atom. The van der Waals surface area contributed by atoms with Crippen molar-refractivity contribution < 1.29 is 13.7 Å². The molecule has 0 spiro atoms. The highest BCUT2D eigenvalue weighted by molar-refractivity contribution is 5.80. The van der Waals surface area contributed by atoms with Gasteiger partial charge in [0, 0.05) is 17.0 Å². The number of hydrogen-bond donors (Lipinski definition) is 0. The summed E-state index contributed by atoms with van der Waals surface area (Å²) in [4.78, 5) is 0. The molecule has 0 aliphatic carbocycles. The van der Waals surface area contributed by atoms with E-state index >= 15 is 0 Å². The molecule has 0 unspecified atom stereocenters. The van der Waals surface area contributed by atoms with Gasteiger partial charge in [0.25, 0.3) is 0 Å².